The van der Waals surface area contributed by atoms with Crippen molar-refractivity contribution in [3.63, 3.8) is 0 Å². The molecular weight excluding hydrogens is 240 g/mol. The van der Waals surface area contributed by atoms with Gasteiger partial charge in [0.2, 0.25) is 5.91 Å². The Labute approximate surface area is 115 Å². The lowest BCUT2D eigenvalue weighted by atomic mass is 10.1. The second-order valence-electron chi connectivity index (χ2n) is 6.37. The number of furan rings is 1. The van der Waals surface area contributed by atoms with Gasteiger partial charge in [0.1, 0.15) is 11.5 Å². The molecule has 0 aliphatic heterocycles. The quantitative estimate of drug-likeness (QED) is 0.888. The van der Waals surface area contributed by atoms with Crippen LogP contribution in [0.25, 0.3) is 0 Å². The van der Waals surface area contributed by atoms with Gasteiger partial charge in [0, 0.05) is 11.6 Å². The Morgan fingerprint density at radius 2 is 2.11 bits per heavy atom. The second kappa shape index (κ2) is 5.37. The maximum absolute atomic E-state index is 12.3. The van der Waals surface area contributed by atoms with Crippen molar-refractivity contribution < 1.29 is 9.21 Å². The van der Waals surface area contributed by atoms with Crippen molar-refractivity contribution in [2.24, 2.45) is 0 Å². The van der Waals surface area contributed by atoms with Gasteiger partial charge in [0.15, 0.2) is 0 Å². The van der Waals surface area contributed by atoms with Crippen molar-refractivity contribution in [3.05, 3.63) is 23.7 Å². The van der Waals surface area contributed by atoms with Gasteiger partial charge in [-0.05, 0) is 52.7 Å². The van der Waals surface area contributed by atoms with E-state index in [0.29, 0.717) is 19.1 Å². The molecule has 1 aliphatic carbocycles. The average molecular weight is 264 g/mol. The zero-order chi connectivity index (χ0) is 14.0. The van der Waals surface area contributed by atoms with Crippen LogP contribution in [0.1, 0.15) is 45.1 Å². The summed E-state index contributed by atoms with van der Waals surface area (Å²) in [5, 5.41) is 3.25. The Kier molecular flexibility index (Phi) is 3.99. The van der Waals surface area contributed by atoms with E-state index in [1.54, 1.807) is 0 Å². The van der Waals surface area contributed by atoms with Gasteiger partial charge in [-0.1, -0.05) is 0 Å². The third kappa shape index (κ3) is 4.39. The Bertz CT molecular complexity index is 441. The Balaban J connectivity index is 1.94. The summed E-state index contributed by atoms with van der Waals surface area (Å²) in [6.07, 6.45) is 2.22. The molecule has 0 bridgehead atoms. The first-order valence-corrected chi connectivity index (χ1v) is 6.95. The molecule has 4 heteroatoms. The largest absolute Gasteiger partial charge is 0.464 e. The molecule has 0 saturated heterocycles. The van der Waals surface area contributed by atoms with E-state index in [0.717, 1.165) is 24.4 Å². The minimum atomic E-state index is -0.0356. The third-order valence-electron chi connectivity index (χ3n) is 3.20. The van der Waals surface area contributed by atoms with Gasteiger partial charge in [-0.3, -0.25) is 4.79 Å². The number of rotatable bonds is 5. The summed E-state index contributed by atoms with van der Waals surface area (Å²) < 4.78 is 5.57. The van der Waals surface area contributed by atoms with Crippen LogP contribution in [0.4, 0.5) is 0 Å². The molecule has 2 rings (SSSR count). The highest BCUT2D eigenvalue weighted by atomic mass is 16.3. The van der Waals surface area contributed by atoms with Crippen molar-refractivity contribution in [1.82, 2.24) is 10.2 Å². The molecule has 0 radical (unpaired) electrons. The SMILES string of the molecule is Cc1ccc(CN(C(=O)CNC(C)(C)C)C2CC2)o1. The molecule has 19 heavy (non-hydrogen) atoms. The molecule has 0 aromatic carbocycles. The molecule has 1 aromatic heterocycles. The molecule has 106 valence electrons. The summed E-state index contributed by atoms with van der Waals surface area (Å²) in [6, 6.07) is 4.30. The van der Waals surface area contributed by atoms with Gasteiger partial charge in [-0.25, -0.2) is 0 Å². The number of nitrogens with one attached hydrogen (secondary N) is 1. The number of nitrogens with zero attached hydrogens (tertiary/aromatic N) is 1. The van der Waals surface area contributed by atoms with Crippen LogP contribution in [0, 0.1) is 6.92 Å². The van der Waals surface area contributed by atoms with Crippen molar-refractivity contribution in [1.29, 1.82) is 0 Å². The van der Waals surface area contributed by atoms with Gasteiger partial charge in [-0.15, -0.1) is 0 Å². The van der Waals surface area contributed by atoms with E-state index < -0.39 is 0 Å². The van der Waals surface area contributed by atoms with Crippen LogP contribution in [-0.2, 0) is 11.3 Å². The molecule has 4 nitrogen and oxygen atoms in total. The molecule has 0 unspecified atom stereocenters. The van der Waals surface area contributed by atoms with Crippen LogP contribution >= 0.6 is 0 Å². The van der Waals surface area contributed by atoms with Crippen molar-refractivity contribution in [2.45, 2.75) is 58.7 Å². The van der Waals surface area contributed by atoms with Crippen LogP contribution in [0.3, 0.4) is 0 Å². The highest BCUT2D eigenvalue weighted by Gasteiger charge is 2.33. The number of hydrogen-bond acceptors (Lipinski definition) is 3. The molecule has 0 atom stereocenters. The molecule has 1 saturated carbocycles. The van der Waals surface area contributed by atoms with E-state index in [4.69, 9.17) is 4.42 Å². The lowest BCUT2D eigenvalue weighted by Crippen LogP contribution is -2.45. The van der Waals surface area contributed by atoms with E-state index in [9.17, 15) is 4.79 Å². The first-order valence-electron chi connectivity index (χ1n) is 6.95. The Morgan fingerprint density at radius 3 is 2.58 bits per heavy atom. The molecule has 1 amide bonds. The molecule has 1 aliphatic rings. The molecule has 1 fully saturated rings. The monoisotopic (exact) mass is 264 g/mol. The van der Waals surface area contributed by atoms with E-state index >= 15 is 0 Å². The van der Waals surface area contributed by atoms with Crippen LogP contribution in [0.2, 0.25) is 0 Å². The lowest BCUT2D eigenvalue weighted by molar-refractivity contribution is -0.132. The topological polar surface area (TPSA) is 45.5 Å². The standard InChI is InChI=1S/C15H24N2O2/c1-11-5-8-13(19-11)10-17(12-6-7-12)14(18)9-16-15(2,3)4/h5,8,12,16H,6-7,9-10H2,1-4H3. The maximum Gasteiger partial charge on any atom is 0.237 e. The van der Waals surface area contributed by atoms with Crippen LogP contribution in [0.5, 0.6) is 0 Å². The number of hydrogen-bond donors (Lipinski definition) is 1. The molecule has 1 N–H and O–H groups in total. The molecule has 1 aromatic rings. The van der Waals surface area contributed by atoms with Crippen molar-refractivity contribution in [3.8, 4) is 0 Å². The van der Waals surface area contributed by atoms with Gasteiger partial charge in [0.05, 0.1) is 13.1 Å². The van der Waals surface area contributed by atoms with Crippen LogP contribution < -0.4 is 5.32 Å². The normalized spacial score (nSPS) is 15.6. The highest BCUT2D eigenvalue weighted by Crippen LogP contribution is 2.28. The molecular formula is C15H24N2O2. The van der Waals surface area contributed by atoms with Gasteiger partial charge in [-0.2, -0.15) is 0 Å². The van der Waals surface area contributed by atoms with Crippen LogP contribution in [-0.4, -0.2) is 28.9 Å². The first-order chi connectivity index (χ1) is 8.85. The summed E-state index contributed by atoms with van der Waals surface area (Å²) >= 11 is 0. The zero-order valence-electron chi connectivity index (χ0n) is 12.3. The number of amides is 1. The minimum Gasteiger partial charge on any atom is -0.464 e. The summed E-state index contributed by atoms with van der Waals surface area (Å²) in [5.41, 5.74) is -0.0356. The summed E-state index contributed by atoms with van der Waals surface area (Å²) in [4.78, 5) is 14.2. The number of carbonyl (C=O) groups excluding carboxylic acids is 1. The summed E-state index contributed by atoms with van der Waals surface area (Å²) in [6.45, 7) is 9.10. The van der Waals surface area contributed by atoms with Gasteiger partial charge in [0.25, 0.3) is 0 Å². The van der Waals surface area contributed by atoms with Crippen molar-refractivity contribution >= 4 is 5.91 Å². The first kappa shape index (κ1) is 14.1. The fourth-order valence-electron chi connectivity index (χ4n) is 1.99. The predicted octanol–water partition coefficient (Wildman–Crippen LogP) is 2.47. The van der Waals surface area contributed by atoms with E-state index in [2.05, 4.69) is 26.1 Å². The van der Waals surface area contributed by atoms with Gasteiger partial charge >= 0.3 is 0 Å². The molecule has 0 spiro atoms. The van der Waals surface area contributed by atoms with Crippen LogP contribution in [0.15, 0.2) is 16.5 Å². The lowest BCUT2D eigenvalue weighted by Gasteiger charge is -2.25. The van der Waals surface area contributed by atoms with E-state index in [1.165, 1.54) is 0 Å². The van der Waals surface area contributed by atoms with Crippen molar-refractivity contribution in [2.75, 3.05) is 6.54 Å². The van der Waals surface area contributed by atoms with E-state index in [1.807, 2.05) is 24.0 Å². The average Bonchev–Trinajstić information content (AvgIpc) is 3.06. The number of carbonyl (C=O) groups is 1. The zero-order valence-corrected chi connectivity index (χ0v) is 12.3. The predicted molar refractivity (Wildman–Crippen MR) is 74.8 cm³/mol. The highest BCUT2D eigenvalue weighted by molar-refractivity contribution is 5.79. The fraction of sp³-hybridized carbons (Fsp3) is 0.667. The smallest absolute Gasteiger partial charge is 0.237 e. The van der Waals surface area contributed by atoms with Gasteiger partial charge < -0.3 is 14.6 Å². The maximum atomic E-state index is 12.3. The number of aryl methyl sites for hydroxylation is 1. The Morgan fingerprint density at radius 1 is 1.42 bits per heavy atom. The Hall–Kier alpha value is -1.29. The minimum absolute atomic E-state index is 0.0356. The second-order valence-corrected chi connectivity index (χ2v) is 6.37. The van der Waals surface area contributed by atoms with E-state index in [-0.39, 0.29) is 11.4 Å². The fourth-order valence-corrected chi connectivity index (χ4v) is 1.99. The summed E-state index contributed by atoms with van der Waals surface area (Å²) in [7, 11) is 0. The summed E-state index contributed by atoms with van der Waals surface area (Å²) in [5.74, 6) is 1.92. The molecule has 1 heterocycles. The third-order valence-corrected chi connectivity index (χ3v) is 3.20.